The normalized spacial score (nSPS) is 10.8. The van der Waals surface area contributed by atoms with E-state index in [0.29, 0.717) is 16.5 Å². The van der Waals surface area contributed by atoms with Gasteiger partial charge in [-0.2, -0.15) is 0 Å². The molecule has 20 heavy (non-hydrogen) atoms. The monoisotopic (exact) mass is 270 g/mol. The third-order valence-electron chi connectivity index (χ3n) is 3.30. The van der Waals surface area contributed by atoms with Crippen LogP contribution in [0, 0.1) is 10.7 Å². The second-order valence-electron chi connectivity index (χ2n) is 4.46. The van der Waals surface area contributed by atoms with Crippen molar-refractivity contribution < 1.29 is 9.50 Å². The van der Waals surface area contributed by atoms with Gasteiger partial charge in [-0.15, -0.1) is 4.91 Å². The third-order valence-corrected chi connectivity index (χ3v) is 3.30. The van der Waals surface area contributed by atoms with E-state index in [0.717, 1.165) is 0 Å². The summed E-state index contributed by atoms with van der Waals surface area (Å²) in [5, 5.41) is 13.5. The summed E-state index contributed by atoms with van der Waals surface area (Å²) in [6.45, 7) is 0.133. The largest absolute Gasteiger partial charge is 0.493 e. The molecule has 5 heteroatoms. The second-order valence-corrected chi connectivity index (χ2v) is 4.46. The van der Waals surface area contributed by atoms with E-state index in [1.165, 1.54) is 10.6 Å². The summed E-state index contributed by atoms with van der Waals surface area (Å²) in [6, 6.07) is 13.3. The summed E-state index contributed by atoms with van der Waals surface area (Å²) in [4.78, 5) is 10.9. The lowest BCUT2D eigenvalue weighted by Crippen LogP contribution is -2.01. The molecule has 0 aliphatic carbocycles. The van der Waals surface area contributed by atoms with Crippen molar-refractivity contribution in [2.75, 3.05) is 0 Å². The Balaban J connectivity index is 2.19. The molecule has 0 saturated heterocycles. The Morgan fingerprint density at radius 1 is 1.10 bits per heavy atom. The maximum absolute atomic E-state index is 13.7. The Kier molecular flexibility index (Phi) is 2.95. The molecule has 0 fully saturated rings. The van der Waals surface area contributed by atoms with Crippen molar-refractivity contribution in [1.29, 1.82) is 0 Å². The first-order valence-corrected chi connectivity index (χ1v) is 6.09. The van der Waals surface area contributed by atoms with Crippen LogP contribution in [0.2, 0.25) is 0 Å². The number of halogens is 1. The third kappa shape index (κ3) is 1.84. The molecule has 0 bridgehead atoms. The lowest BCUT2D eigenvalue weighted by atomic mass is 10.2. The van der Waals surface area contributed by atoms with E-state index in [4.69, 9.17) is 0 Å². The molecule has 0 radical (unpaired) electrons. The topological polar surface area (TPSA) is 54.6 Å². The number of rotatable bonds is 3. The summed E-state index contributed by atoms with van der Waals surface area (Å²) in [6.07, 6.45) is 0. The first kappa shape index (κ1) is 12.3. The van der Waals surface area contributed by atoms with Gasteiger partial charge in [-0.25, -0.2) is 4.39 Å². The summed E-state index contributed by atoms with van der Waals surface area (Å²) in [5.41, 5.74) is 1.06. The van der Waals surface area contributed by atoms with Crippen molar-refractivity contribution in [2.24, 2.45) is 5.18 Å². The SMILES string of the molecule is O=Nc1c(O)n(Cc2ccccc2F)c2ccccc12. The zero-order chi connectivity index (χ0) is 14.1. The standard InChI is InChI=1S/C15H11FN2O2/c16-12-7-3-1-5-10(12)9-18-13-8-4-2-6-11(13)14(17-20)15(18)19/h1-8,19H,9H2. The number of aromatic nitrogens is 1. The Morgan fingerprint density at radius 2 is 1.80 bits per heavy atom. The van der Waals surface area contributed by atoms with Gasteiger partial charge in [-0.1, -0.05) is 36.4 Å². The molecule has 0 amide bonds. The summed E-state index contributed by atoms with van der Waals surface area (Å²) in [5.74, 6) is -0.602. The second kappa shape index (κ2) is 4.77. The molecule has 1 heterocycles. The summed E-state index contributed by atoms with van der Waals surface area (Å²) >= 11 is 0. The Labute approximate surface area is 114 Å². The molecule has 0 unspecified atom stereocenters. The average molecular weight is 270 g/mol. The van der Waals surface area contributed by atoms with Crippen LogP contribution in [0.4, 0.5) is 10.1 Å². The highest BCUT2D eigenvalue weighted by Crippen LogP contribution is 2.38. The van der Waals surface area contributed by atoms with Crippen LogP contribution in [-0.2, 0) is 6.54 Å². The quantitative estimate of drug-likeness (QED) is 0.733. The molecule has 0 aliphatic heterocycles. The van der Waals surface area contributed by atoms with E-state index in [9.17, 15) is 14.4 Å². The summed E-state index contributed by atoms with van der Waals surface area (Å²) < 4.78 is 15.2. The van der Waals surface area contributed by atoms with E-state index in [1.807, 2.05) is 0 Å². The highest BCUT2D eigenvalue weighted by molar-refractivity contribution is 5.95. The maximum Gasteiger partial charge on any atom is 0.222 e. The van der Waals surface area contributed by atoms with Crippen LogP contribution in [0.15, 0.2) is 53.7 Å². The minimum Gasteiger partial charge on any atom is -0.493 e. The minimum atomic E-state index is -0.356. The molecule has 2 aromatic carbocycles. The van der Waals surface area contributed by atoms with E-state index >= 15 is 0 Å². The molecule has 4 nitrogen and oxygen atoms in total. The van der Waals surface area contributed by atoms with Crippen molar-refractivity contribution in [2.45, 2.75) is 6.54 Å². The Bertz CT molecular complexity index is 796. The predicted octanol–water partition coefficient (Wildman–Crippen LogP) is 3.93. The Hall–Kier alpha value is -2.69. The fraction of sp³-hybridized carbons (Fsp3) is 0.0667. The van der Waals surface area contributed by atoms with Gasteiger partial charge in [-0.05, 0) is 17.3 Å². The van der Waals surface area contributed by atoms with Crippen LogP contribution in [-0.4, -0.2) is 9.67 Å². The zero-order valence-corrected chi connectivity index (χ0v) is 10.5. The van der Waals surface area contributed by atoms with Crippen molar-refractivity contribution >= 4 is 16.6 Å². The van der Waals surface area contributed by atoms with E-state index in [1.54, 1.807) is 42.5 Å². The van der Waals surface area contributed by atoms with Crippen LogP contribution in [0.1, 0.15) is 5.56 Å². The van der Waals surface area contributed by atoms with Crippen molar-refractivity contribution in [3.63, 3.8) is 0 Å². The number of nitroso groups, excluding NO2 is 1. The van der Waals surface area contributed by atoms with Gasteiger partial charge < -0.3 is 9.67 Å². The van der Waals surface area contributed by atoms with Crippen LogP contribution in [0.5, 0.6) is 5.88 Å². The van der Waals surface area contributed by atoms with Gasteiger partial charge in [0.25, 0.3) is 0 Å². The van der Waals surface area contributed by atoms with Gasteiger partial charge in [0.15, 0.2) is 5.69 Å². The zero-order valence-electron chi connectivity index (χ0n) is 10.5. The Morgan fingerprint density at radius 3 is 2.55 bits per heavy atom. The van der Waals surface area contributed by atoms with Gasteiger partial charge in [0.1, 0.15) is 5.82 Å². The van der Waals surface area contributed by atoms with Crippen molar-refractivity contribution in [1.82, 2.24) is 4.57 Å². The number of aromatic hydroxyl groups is 1. The van der Waals surface area contributed by atoms with Gasteiger partial charge in [0.05, 0.1) is 12.1 Å². The number of hydrogen-bond acceptors (Lipinski definition) is 3. The van der Waals surface area contributed by atoms with Crippen molar-refractivity contribution in [3.05, 3.63) is 64.8 Å². The van der Waals surface area contributed by atoms with E-state index in [2.05, 4.69) is 5.18 Å². The maximum atomic E-state index is 13.7. The molecule has 3 aromatic rings. The van der Waals surface area contributed by atoms with Crippen molar-refractivity contribution in [3.8, 4) is 5.88 Å². The van der Waals surface area contributed by atoms with E-state index < -0.39 is 0 Å². The van der Waals surface area contributed by atoms with Crippen LogP contribution >= 0.6 is 0 Å². The fourth-order valence-corrected chi connectivity index (χ4v) is 2.32. The lowest BCUT2D eigenvalue weighted by Gasteiger charge is -2.07. The molecule has 0 spiro atoms. The van der Waals surface area contributed by atoms with E-state index in [-0.39, 0.29) is 23.9 Å². The molecule has 0 saturated carbocycles. The average Bonchev–Trinajstić information content (AvgIpc) is 2.74. The van der Waals surface area contributed by atoms with Crippen LogP contribution in [0.3, 0.4) is 0 Å². The summed E-state index contributed by atoms with van der Waals surface area (Å²) in [7, 11) is 0. The smallest absolute Gasteiger partial charge is 0.222 e. The van der Waals surface area contributed by atoms with Gasteiger partial charge in [-0.3, -0.25) is 0 Å². The van der Waals surface area contributed by atoms with Gasteiger partial charge in [0.2, 0.25) is 5.88 Å². The molecule has 1 aromatic heterocycles. The van der Waals surface area contributed by atoms with Gasteiger partial charge in [0, 0.05) is 10.9 Å². The molecule has 0 atom stereocenters. The number of fused-ring (bicyclic) bond motifs is 1. The molecule has 0 aliphatic rings. The van der Waals surface area contributed by atoms with Gasteiger partial charge >= 0.3 is 0 Å². The predicted molar refractivity (Wildman–Crippen MR) is 74.6 cm³/mol. The lowest BCUT2D eigenvalue weighted by molar-refractivity contribution is 0.428. The molecule has 1 N–H and O–H groups in total. The molecular formula is C15H11FN2O2. The number of nitrogens with zero attached hydrogens (tertiary/aromatic N) is 2. The molecule has 100 valence electrons. The highest BCUT2D eigenvalue weighted by Gasteiger charge is 2.17. The minimum absolute atomic E-state index is 0.0167. The number of para-hydroxylation sites is 1. The van der Waals surface area contributed by atoms with Crippen LogP contribution < -0.4 is 0 Å². The van der Waals surface area contributed by atoms with Crippen LogP contribution in [0.25, 0.3) is 10.9 Å². The number of benzene rings is 2. The molecular weight excluding hydrogens is 259 g/mol. The number of hydrogen-bond donors (Lipinski definition) is 1. The first-order chi connectivity index (χ1) is 9.72. The first-order valence-electron chi connectivity index (χ1n) is 6.09. The molecule has 3 rings (SSSR count). The fourth-order valence-electron chi connectivity index (χ4n) is 2.32. The highest BCUT2D eigenvalue weighted by atomic mass is 19.1.